The van der Waals surface area contributed by atoms with Crippen molar-refractivity contribution in [3.05, 3.63) is 18.2 Å². The number of nitrogens with one attached hydrogen (secondary N) is 1. The fraction of sp³-hybridized carbons (Fsp3) is 0.300. The lowest BCUT2D eigenvalue weighted by Gasteiger charge is -2.07. The van der Waals surface area contributed by atoms with Gasteiger partial charge in [-0.1, -0.05) is 0 Å². The van der Waals surface area contributed by atoms with Gasteiger partial charge in [0, 0.05) is 12.2 Å². The van der Waals surface area contributed by atoms with Crippen LogP contribution in [0.25, 0.3) is 0 Å². The summed E-state index contributed by atoms with van der Waals surface area (Å²) in [5.74, 6) is 0.928. The Balaban J connectivity index is 2.48. The second-order valence-electron chi connectivity index (χ2n) is 3.21. The van der Waals surface area contributed by atoms with Crippen molar-refractivity contribution >= 4 is 22.4 Å². The quantitative estimate of drug-likeness (QED) is 0.780. The smallest absolute Gasteiger partial charge is 0.225 e. The largest absolute Gasteiger partial charge is 0.497 e. The summed E-state index contributed by atoms with van der Waals surface area (Å²) in [6.07, 6.45) is 0.295. The van der Waals surface area contributed by atoms with E-state index in [1.807, 2.05) is 0 Å². The van der Waals surface area contributed by atoms with Crippen LogP contribution in [0.15, 0.2) is 23.1 Å². The van der Waals surface area contributed by atoms with E-state index in [2.05, 4.69) is 5.32 Å². The first-order valence-electron chi connectivity index (χ1n) is 4.57. The van der Waals surface area contributed by atoms with Crippen molar-refractivity contribution in [1.82, 2.24) is 0 Å². The van der Waals surface area contributed by atoms with Crippen molar-refractivity contribution < 1.29 is 13.7 Å². The number of benzene rings is 1. The monoisotopic (exact) mass is 225 g/mol. The molecule has 1 aliphatic heterocycles. The highest BCUT2D eigenvalue weighted by Gasteiger charge is 2.18. The van der Waals surface area contributed by atoms with Gasteiger partial charge < -0.3 is 10.1 Å². The third-order valence-corrected chi connectivity index (χ3v) is 3.63. The fourth-order valence-electron chi connectivity index (χ4n) is 1.43. The first-order chi connectivity index (χ1) is 7.20. The SMILES string of the molecule is COc1ccc2c(c1)S(=O)CCC(=O)N2. The minimum absolute atomic E-state index is 0.0905. The van der Waals surface area contributed by atoms with E-state index in [0.29, 0.717) is 28.5 Å². The number of carbonyl (C=O) groups excluding carboxylic acids is 1. The van der Waals surface area contributed by atoms with Crippen molar-refractivity contribution in [2.45, 2.75) is 11.3 Å². The highest BCUT2D eigenvalue weighted by molar-refractivity contribution is 7.85. The fourth-order valence-corrected chi connectivity index (χ4v) is 2.63. The molecule has 0 aromatic heterocycles. The van der Waals surface area contributed by atoms with Gasteiger partial charge in [-0.2, -0.15) is 0 Å². The molecule has 0 bridgehead atoms. The Morgan fingerprint density at radius 2 is 2.27 bits per heavy atom. The van der Waals surface area contributed by atoms with Crippen molar-refractivity contribution in [3.8, 4) is 5.75 Å². The summed E-state index contributed by atoms with van der Waals surface area (Å²) in [5.41, 5.74) is 0.622. The summed E-state index contributed by atoms with van der Waals surface area (Å²) in [6.45, 7) is 0. The van der Waals surface area contributed by atoms with Crippen LogP contribution in [0.5, 0.6) is 5.75 Å². The van der Waals surface area contributed by atoms with Gasteiger partial charge >= 0.3 is 0 Å². The van der Waals surface area contributed by atoms with Gasteiger partial charge in [0.2, 0.25) is 5.91 Å². The Morgan fingerprint density at radius 3 is 3.00 bits per heavy atom. The molecule has 1 aromatic rings. The number of rotatable bonds is 1. The second-order valence-corrected chi connectivity index (χ2v) is 4.75. The van der Waals surface area contributed by atoms with Crippen LogP contribution in [0, 0.1) is 0 Å². The van der Waals surface area contributed by atoms with Crippen LogP contribution < -0.4 is 10.1 Å². The van der Waals surface area contributed by atoms with Crippen molar-refractivity contribution in [2.75, 3.05) is 18.2 Å². The van der Waals surface area contributed by atoms with E-state index in [-0.39, 0.29) is 5.91 Å². The third-order valence-electron chi connectivity index (χ3n) is 2.22. The molecule has 1 unspecified atom stereocenters. The van der Waals surface area contributed by atoms with Gasteiger partial charge in [0.25, 0.3) is 0 Å². The molecule has 0 spiro atoms. The van der Waals surface area contributed by atoms with Crippen LogP contribution in [-0.4, -0.2) is 23.0 Å². The van der Waals surface area contributed by atoms with E-state index in [4.69, 9.17) is 4.74 Å². The zero-order valence-electron chi connectivity index (χ0n) is 8.28. The van der Waals surface area contributed by atoms with E-state index >= 15 is 0 Å². The lowest BCUT2D eigenvalue weighted by molar-refractivity contribution is -0.115. The standard InChI is InChI=1S/C10H11NO3S/c1-14-7-2-3-8-9(6-7)15(13)5-4-10(12)11-8/h2-3,6H,4-5H2,1H3,(H,11,12). The van der Waals surface area contributed by atoms with Crippen LogP contribution in [0.3, 0.4) is 0 Å². The van der Waals surface area contributed by atoms with Gasteiger partial charge in [-0.25, -0.2) is 0 Å². The molecule has 0 radical (unpaired) electrons. The first-order valence-corrected chi connectivity index (χ1v) is 5.89. The molecule has 0 saturated heterocycles. The van der Waals surface area contributed by atoms with Crippen molar-refractivity contribution in [1.29, 1.82) is 0 Å². The number of hydrogen-bond donors (Lipinski definition) is 1. The Bertz CT molecular complexity index is 431. The Labute approximate surface area is 90.1 Å². The minimum atomic E-state index is -1.13. The predicted molar refractivity (Wildman–Crippen MR) is 57.5 cm³/mol. The first kappa shape index (κ1) is 10.2. The molecule has 0 saturated carbocycles. The van der Waals surface area contributed by atoms with Gasteiger partial charge in [-0.3, -0.25) is 9.00 Å². The summed E-state index contributed by atoms with van der Waals surface area (Å²) in [7, 11) is 0.427. The maximum absolute atomic E-state index is 11.8. The van der Waals surface area contributed by atoms with Gasteiger partial charge in [-0.15, -0.1) is 0 Å². The van der Waals surface area contributed by atoms with E-state index in [1.165, 1.54) is 0 Å². The maximum Gasteiger partial charge on any atom is 0.225 e. The lowest BCUT2D eigenvalue weighted by atomic mass is 10.3. The van der Waals surface area contributed by atoms with Crippen LogP contribution in [0.4, 0.5) is 5.69 Å². The molecule has 0 fully saturated rings. The number of hydrogen-bond acceptors (Lipinski definition) is 3. The molecule has 5 heteroatoms. The summed E-state index contributed by atoms with van der Waals surface area (Å²) in [5, 5.41) is 2.72. The average Bonchev–Trinajstić information content (AvgIpc) is 2.39. The van der Waals surface area contributed by atoms with E-state index in [0.717, 1.165) is 0 Å². The summed E-state index contributed by atoms with van der Waals surface area (Å²) in [6, 6.07) is 5.16. The third kappa shape index (κ3) is 2.02. The Morgan fingerprint density at radius 1 is 1.47 bits per heavy atom. The molecule has 1 amide bonds. The number of amides is 1. The average molecular weight is 225 g/mol. The molecule has 4 nitrogen and oxygen atoms in total. The molecule has 1 aromatic carbocycles. The topological polar surface area (TPSA) is 55.4 Å². The second kappa shape index (κ2) is 4.02. The van der Waals surface area contributed by atoms with Crippen molar-refractivity contribution in [3.63, 3.8) is 0 Å². The molecular weight excluding hydrogens is 214 g/mol. The van der Waals surface area contributed by atoms with Crippen LogP contribution >= 0.6 is 0 Å². The molecule has 80 valence electrons. The highest BCUT2D eigenvalue weighted by atomic mass is 32.2. The van der Waals surface area contributed by atoms with Crippen LogP contribution in [0.2, 0.25) is 0 Å². The van der Waals surface area contributed by atoms with Gasteiger partial charge in [0.1, 0.15) is 5.75 Å². The number of fused-ring (bicyclic) bond motifs is 1. The Hall–Kier alpha value is -1.36. The van der Waals surface area contributed by atoms with Gasteiger partial charge in [0.05, 0.1) is 28.5 Å². The molecule has 1 N–H and O–H groups in total. The number of carbonyl (C=O) groups is 1. The normalized spacial score (nSPS) is 20.1. The Kier molecular flexibility index (Phi) is 2.73. The highest BCUT2D eigenvalue weighted by Crippen LogP contribution is 2.27. The molecule has 2 rings (SSSR count). The zero-order valence-corrected chi connectivity index (χ0v) is 9.10. The van der Waals surface area contributed by atoms with E-state index < -0.39 is 10.8 Å². The lowest BCUT2D eigenvalue weighted by Crippen LogP contribution is -2.10. The van der Waals surface area contributed by atoms with E-state index in [1.54, 1.807) is 25.3 Å². The maximum atomic E-state index is 11.8. The van der Waals surface area contributed by atoms with Gasteiger partial charge in [0.15, 0.2) is 0 Å². The van der Waals surface area contributed by atoms with Crippen LogP contribution in [-0.2, 0) is 15.6 Å². The summed E-state index contributed by atoms with van der Waals surface area (Å²) >= 11 is 0. The number of ether oxygens (including phenoxy) is 1. The molecule has 0 aliphatic carbocycles. The van der Waals surface area contributed by atoms with Crippen LogP contribution in [0.1, 0.15) is 6.42 Å². The summed E-state index contributed by atoms with van der Waals surface area (Å²) in [4.78, 5) is 11.9. The molecular formula is C10H11NO3S. The predicted octanol–water partition coefficient (Wildman–Crippen LogP) is 1.14. The molecule has 1 atom stereocenters. The molecule has 1 heterocycles. The molecule has 1 aliphatic rings. The summed E-state index contributed by atoms with van der Waals surface area (Å²) < 4.78 is 16.8. The minimum Gasteiger partial charge on any atom is -0.497 e. The number of anilines is 1. The molecule has 15 heavy (non-hydrogen) atoms. The zero-order chi connectivity index (χ0) is 10.8. The van der Waals surface area contributed by atoms with Gasteiger partial charge in [-0.05, 0) is 18.2 Å². The number of methoxy groups -OCH3 is 1. The van der Waals surface area contributed by atoms with E-state index in [9.17, 15) is 9.00 Å². The van der Waals surface area contributed by atoms with Crippen molar-refractivity contribution in [2.24, 2.45) is 0 Å².